The minimum atomic E-state index is -0.464. The number of nitrogens with one attached hydrogen (secondary N) is 1. The number of amides is 1. The molecule has 0 radical (unpaired) electrons. The molecule has 6 nitrogen and oxygen atoms in total. The van der Waals surface area contributed by atoms with Crippen LogP contribution in [0.15, 0.2) is 29.8 Å². The van der Waals surface area contributed by atoms with Gasteiger partial charge in [-0.3, -0.25) is 4.79 Å². The van der Waals surface area contributed by atoms with Gasteiger partial charge in [-0.2, -0.15) is 0 Å². The van der Waals surface area contributed by atoms with Gasteiger partial charge in [0.1, 0.15) is 10.7 Å². The highest BCUT2D eigenvalue weighted by molar-refractivity contribution is 7.14. The van der Waals surface area contributed by atoms with Crippen molar-refractivity contribution in [3.63, 3.8) is 0 Å². The van der Waals surface area contributed by atoms with Gasteiger partial charge in [0.15, 0.2) is 0 Å². The van der Waals surface area contributed by atoms with Crippen LogP contribution in [0.2, 0.25) is 0 Å². The van der Waals surface area contributed by atoms with E-state index in [2.05, 4.69) is 10.3 Å². The summed E-state index contributed by atoms with van der Waals surface area (Å²) in [6, 6.07) is 4.71. The number of aromatic nitrogens is 1. The summed E-state index contributed by atoms with van der Waals surface area (Å²) in [6.45, 7) is 2.00. The normalized spacial score (nSPS) is 10.1. The number of ether oxygens (including phenoxy) is 1. The van der Waals surface area contributed by atoms with Gasteiger partial charge in [-0.15, -0.1) is 11.3 Å². The lowest BCUT2D eigenvalue weighted by Crippen LogP contribution is -2.15. The SMILES string of the molecule is CCOC(=O)c1ccsc1NC(=O)c1ccc(N)cn1. The van der Waals surface area contributed by atoms with Gasteiger partial charge in [0.2, 0.25) is 0 Å². The minimum absolute atomic E-state index is 0.224. The maximum atomic E-state index is 12.0. The summed E-state index contributed by atoms with van der Waals surface area (Å²) in [5, 5.41) is 4.78. The summed E-state index contributed by atoms with van der Waals surface area (Å²) in [6.07, 6.45) is 1.40. The first-order valence-electron chi connectivity index (χ1n) is 5.89. The molecule has 0 aliphatic heterocycles. The van der Waals surface area contributed by atoms with Gasteiger partial charge in [-0.1, -0.05) is 0 Å². The molecule has 0 bridgehead atoms. The van der Waals surface area contributed by atoms with Crippen LogP contribution in [0, 0.1) is 0 Å². The van der Waals surface area contributed by atoms with E-state index in [1.807, 2.05) is 0 Å². The summed E-state index contributed by atoms with van der Waals surface area (Å²) in [4.78, 5) is 27.6. The van der Waals surface area contributed by atoms with Crippen molar-refractivity contribution in [3.8, 4) is 0 Å². The fourth-order valence-corrected chi connectivity index (χ4v) is 2.25. The molecule has 2 rings (SSSR count). The van der Waals surface area contributed by atoms with Crippen LogP contribution < -0.4 is 11.1 Å². The Morgan fingerprint density at radius 2 is 2.20 bits per heavy atom. The first kappa shape index (κ1) is 14.0. The van der Waals surface area contributed by atoms with E-state index in [0.717, 1.165) is 0 Å². The van der Waals surface area contributed by atoms with E-state index in [-0.39, 0.29) is 12.3 Å². The van der Waals surface area contributed by atoms with Crippen molar-refractivity contribution in [1.29, 1.82) is 0 Å². The molecule has 2 aromatic heterocycles. The molecule has 0 aromatic carbocycles. The van der Waals surface area contributed by atoms with Crippen LogP contribution in [0.1, 0.15) is 27.8 Å². The maximum absolute atomic E-state index is 12.0. The predicted molar refractivity (Wildman–Crippen MR) is 76.9 cm³/mol. The van der Waals surface area contributed by atoms with Crippen LogP contribution in [0.5, 0.6) is 0 Å². The van der Waals surface area contributed by atoms with Crippen LogP contribution in [0.25, 0.3) is 0 Å². The smallest absolute Gasteiger partial charge is 0.341 e. The zero-order chi connectivity index (χ0) is 14.5. The largest absolute Gasteiger partial charge is 0.462 e. The van der Waals surface area contributed by atoms with Crippen molar-refractivity contribution < 1.29 is 14.3 Å². The molecule has 0 saturated carbocycles. The molecular formula is C13H13N3O3S. The highest BCUT2D eigenvalue weighted by Gasteiger charge is 2.17. The zero-order valence-corrected chi connectivity index (χ0v) is 11.6. The number of carbonyl (C=O) groups excluding carboxylic acids is 2. The van der Waals surface area contributed by atoms with Crippen molar-refractivity contribution in [2.75, 3.05) is 17.7 Å². The lowest BCUT2D eigenvalue weighted by Gasteiger charge is -2.05. The van der Waals surface area contributed by atoms with Crippen LogP contribution in [-0.4, -0.2) is 23.5 Å². The number of rotatable bonds is 4. The van der Waals surface area contributed by atoms with E-state index < -0.39 is 11.9 Å². The fraction of sp³-hybridized carbons (Fsp3) is 0.154. The number of esters is 1. The summed E-state index contributed by atoms with van der Waals surface area (Å²) in [5.41, 5.74) is 6.54. The predicted octanol–water partition coefficient (Wildman–Crippen LogP) is 2.15. The number of nitrogens with two attached hydrogens (primary N) is 1. The van der Waals surface area contributed by atoms with Crippen LogP contribution in [-0.2, 0) is 4.74 Å². The van der Waals surface area contributed by atoms with Crippen molar-refractivity contribution in [2.45, 2.75) is 6.92 Å². The first-order valence-corrected chi connectivity index (χ1v) is 6.77. The highest BCUT2D eigenvalue weighted by atomic mass is 32.1. The number of anilines is 2. The molecule has 2 aromatic rings. The van der Waals surface area contributed by atoms with Gasteiger partial charge < -0.3 is 15.8 Å². The number of carbonyl (C=O) groups is 2. The number of nitrogen functional groups attached to an aromatic ring is 1. The minimum Gasteiger partial charge on any atom is -0.462 e. The molecule has 7 heteroatoms. The van der Waals surface area contributed by atoms with Gasteiger partial charge >= 0.3 is 5.97 Å². The molecule has 3 N–H and O–H groups in total. The number of hydrogen-bond donors (Lipinski definition) is 2. The fourth-order valence-electron chi connectivity index (χ4n) is 1.48. The molecule has 0 aliphatic carbocycles. The van der Waals surface area contributed by atoms with E-state index in [4.69, 9.17) is 10.5 Å². The zero-order valence-electron chi connectivity index (χ0n) is 10.8. The van der Waals surface area contributed by atoms with E-state index in [1.54, 1.807) is 24.4 Å². The van der Waals surface area contributed by atoms with Gasteiger partial charge in [0.05, 0.1) is 24.1 Å². The van der Waals surface area contributed by atoms with Gasteiger partial charge in [0, 0.05) is 0 Å². The van der Waals surface area contributed by atoms with E-state index in [1.165, 1.54) is 23.6 Å². The van der Waals surface area contributed by atoms with E-state index in [9.17, 15) is 9.59 Å². The lowest BCUT2D eigenvalue weighted by atomic mass is 10.3. The standard InChI is InChI=1S/C13H13N3O3S/c1-2-19-13(18)9-5-6-20-12(9)16-11(17)10-4-3-8(14)7-15-10/h3-7H,2,14H2,1H3,(H,16,17). The molecule has 2 heterocycles. The second-order valence-electron chi connectivity index (χ2n) is 3.81. The first-order chi connectivity index (χ1) is 9.61. The van der Waals surface area contributed by atoms with E-state index in [0.29, 0.717) is 16.3 Å². The molecule has 0 spiro atoms. The number of thiophene rings is 1. The number of pyridine rings is 1. The van der Waals surface area contributed by atoms with Gasteiger partial charge in [0.25, 0.3) is 5.91 Å². The maximum Gasteiger partial charge on any atom is 0.341 e. The molecule has 0 aliphatic rings. The second kappa shape index (κ2) is 6.16. The Morgan fingerprint density at radius 3 is 2.85 bits per heavy atom. The van der Waals surface area contributed by atoms with Crippen LogP contribution in [0.4, 0.5) is 10.7 Å². The molecule has 20 heavy (non-hydrogen) atoms. The summed E-state index contributed by atoms with van der Waals surface area (Å²) in [7, 11) is 0. The monoisotopic (exact) mass is 291 g/mol. The Labute approximate surface area is 119 Å². The van der Waals surface area contributed by atoms with Gasteiger partial charge in [-0.25, -0.2) is 9.78 Å². The number of nitrogens with zero attached hydrogens (tertiary/aromatic N) is 1. The molecule has 0 fully saturated rings. The third-order valence-electron chi connectivity index (χ3n) is 2.41. The Hall–Kier alpha value is -2.41. The molecule has 0 unspecified atom stereocenters. The van der Waals surface area contributed by atoms with Crippen molar-refractivity contribution in [3.05, 3.63) is 41.0 Å². The van der Waals surface area contributed by atoms with Crippen molar-refractivity contribution in [1.82, 2.24) is 4.98 Å². The highest BCUT2D eigenvalue weighted by Crippen LogP contribution is 2.24. The molecule has 1 amide bonds. The summed E-state index contributed by atoms with van der Waals surface area (Å²) in [5.74, 6) is -0.868. The average molecular weight is 291 g/mol. The molecule has 0 atom stereocenters. The Morgan fingerprint density at radius 1 is 1.40 bits per heavy atom. The molecular weight excluding hydrogens is 278 g/mol. The van der Waals surface area contributed by atoms with Gasteiger partial charge in [-0.05, 0) is 30.5 Å². The Kier molecular flexibility index (Phi) is 4.31. The van der Waals surface area contributed by atoms with Crippen molar-refractivity contribution in [2.24, 2.45) is 0 Å². The summed E-state index contributed by atoms with van der Waals surface area (Å²) >= 11 is 1.24. The molecule has 0 saturated heterocycles. The van der Waals surface area contributed by atoms with E-state index >= 15 is 0 Å². The van der Waals surface area contributed by atoms with Crippen molar-refractivity contribution >= 4 is 33.9 Å². The number of hydrogen-bond acceptors (Lipinski definition) is 6. The third kappa shape index (κ3) is 3.12. The topological polar surface area (TPSA) is 94.3 Å². The third-order valence-corrected chi connectivity index (χ3v) is 3.24. The average Bonchev–Trinajstić information content (AvgIpc) is 2.88. The quantitative estimate of drug-likeness (QED) is 0.842. The molecule has 104 valence electrons. The lowest BCUT2D eigenvalue weighted by molar-refractivity contribution is 0.0528. The second-order valence-corrected chi connectivity index (χ2v) is 4.73. The van der Waals surface area contributed by atoms with Crippen LogP contribution >= 0.6 is 11.3 Å². The van der Waals surface area contributed by atoms with Crippen LogP contribution in [0.3, 0.4) is 0 Å². The summed E-state index contributed by atoms with van der Waals surface area (Å²) < 4.78 is 4.91. The Balaban J connectivity index is 2.14. The Bertz CT molecular complexity index is 622.